The highest BCUT2D eigenvalue weighted by Crippen LogP contribution is 2.27. The Hall–Kier alpha value is -0.900. The molecule has 3 nitrogen and oxygen atoms in total. The van der Waals surface area contributed by atoms with Gasteiger partial charge in [0.15, 0.2) is 0 Å². The summed E-state index contributed by atoms with van der Waals surface area (Å²) in [5, 5.41) is 9.86. The van der Waals surface area contributed by atoms with Gasteiger partial charge in [0.1, 0.15) is 12.2 Å². The first-order chi connectivity index (χ1) is 8.34. The maximum absolute atomic E-state index is 9.86. The fraction of sp³-hybridized carbons (Fsp3) is 0.600. The van der Waals surface area contributed by atoms with Crippen LogP contribution in [0.4, 0.5) is 0 Å². The molecule has 18 heavy (non-hydrogen) atoms. The Bertz CT molecular complexity index is 338. The Kier molecular flexibility index (Phi) is 5.32. The molecule has 0 radical (unpaired) electrons. The fourth-order valence-electron chi connectivity index (χ4n) is 1.87. The Balaban J connectivity index is 2.46. The fourth-order valence-corrected chi connectivity index (χ4v) is 1.87. The molecule has 0 amide bonds. The van der Waals surface area contributed by atoms with Crippen LogP contribution in [0, 0.1) is 0 Å². The van der Waals surface area contributed by atoms with E-state index in [9.17, 15) is 5.11 Å². The first kappa shape index (κ1) is 15.2. The molecule has 0 saturated carbocycles. The largest absolute Gasteiger partial charge is 0.386 e. The molecule has 1 fully saturated rings. The van der Waals surface area contributed by atoms with Crippen LogP contribution >= 0.6 is 0 Å². The van der Waals surface area contributed by atoms with Gasteiger partial charge in [-0.05, 0) is 39.2 Å². The van der Waals surface area contributed by atoms with Gasteiger partial charge in [-0.2, -0.15) is 0 Å². The van der Waals surface area contributed by atoms with E-state index in [1.807, 2.05) is 19.9 Å². The number of rotatable bonds is 5. The van der Waals surface area contributed by atoms with Gasteiger partial charge in [0, 0.05) is 6.42 Å². The highest BCUT2D eigenvalue weighted by atomic mass is 17.2. The molecule has 0 aliphatic carbocycles. The molecule has 0 bridgehead atoms. The molecule has 1 N–H and O–H groups in total. The van der Waals surface area contributed by atoms with Crippen molar-refractivity contribution in [2.45, 2.75) is 57.8 Å². The minimum atomic E-state index is -0.861. The monoisotopic (exact) mass is 252 g/mol. The molecule has 102 valence electrons. The molecule has 0 aromatic heterocycles. The Morgan fingerprint density at radius 1 is 1.50 bits per heavy atom. The van der Waals surface area contributed by atoms with Gasteiger partial charge in [0.05, 0.1) is 5.60 Å². The molecule has 0 aromatic rings. The van der Waals surface area contributed by atoms with Crippen molar-refractivity contribution in [3.05, 3.63) is 36.5 Å². The van der Waals surface area contributed by atoms with E-state index in [0.717, 1.165) is 12.0 Å². The van der Waals surface area contributed by atoms with E-state index in [0.29, 0.717) is 12.8 Å². The van der Waals surface area contributed by atoms with Gasteiger partial charge in [-0.1, -0.05) is 24.3 Å². The lowest BCUT2D eigenvalue weighted by molar-refractivity contribution is -0.350. The van der Waals surface area contributed by atoms with Crippen molar-refractivity contribution < 1.29 is 14.9 Å². The van der Waals surface area contributed by atoms with E-state index < -0.39 is 5.60 Å². The topological polar surface area (TPSA) is 38.7 Å². The van der Waals surface area contributed by atoms with E-state index in [1.54, 1.807) is 13.0 Å². The summed E-state index contributed by atoms with van der Waals surface area (Å²) in [4.78, 5) is 10.7. The van der Waals surface area contributed by atoms with Crippen molar-refractivity contribution in [2.24, 2.45) is 0 Å². The van der Waals surface area contributed by atoms with Crippen LogP contribution in [-0.4, -0.2) is 22.9 Å². The molecule has 3 heteroatoms. The second-order valence-corrected chi connectivity index (χ2v) is 5.43. The molecule has 3 atom stereocenters. The third kappa shape index (κ3) is 4.77. The van der Waals surface area contributed by atoms with Gasteiger partial charge in [0.2, 0.25) is 0 Å². The zero-order chi connectivity index (χ0) is 13.8. The highest BCUT2D eigenvalue weighted by molar-refractivity contribution is 5.11. The summed E-state index contributed by atoms with van der Waals surface area (Å²) < 4.78 is 0. The Morgan fingerprint density at radius 3 is 2.67 bits per heavy atom. The predicted octanol–water partition coefficient (Wildman–Crippen LogP) is 3.32. The van der Waals surface area contributed by atoms with Crippen molar-refractivity contribution in [1.82, 2.24) is 0 Å². The van der Waals surface area contributed by atoms with Crippen LogP contribution in [0.2, 0.25) is 0 Å². The first-order valence-electron chi connectivity index (χ1n) is 6.35. The predicted molar refractivity (Wildman–Crippen MR) is 73.0 cm³/mol. The van der Waals surface area contributed by atoms with E-state index in [-0.39, 0.29) is 12.2 Å². The lowest BCUT2D eigenvalue weighted by Crippen LogP contribution is -2.31. The van der Waals surface area contributed by atoms with Crippen molar-refractivity contribution in [1.29, 1.82) is 0 Å². The Labute approximate surface area is 110 Å². The third-order valence-electron chi connectivity index (χ3n) is 3.09. The van der Waals surface area contributed by atoms with E-state index >= 15 is 0 Å². The molecular weight excluding hydrogens is 228 g/mol. The molecule has 1 heterocycles. The summed E-state index contributed by atoms with van der Waals surface area (Å²) >= 11 is 0. The molecule has 1 saturated heterocycles. The van der Waals surface area contributed by atoms with Crippen LogP contribution < -0.4 is 0 Å². The lowest BCUT2D eigenvalue weighted by Gasteiger charge is -2.30. The molecule has 1 aliphatic heterocycles. The molecule has 1 aliphatic rings. The number of hydrogen-bond acceptors (Lipinski definition) is 3. The van der Waals surface area contributed by atoms with Gasteiger partial charge in [0.25, 0.3) is 0 Å². The van der Waals surface area contributed by atoms with Gasteiger partial charge >= 0.3 is 0 Å². The highest BCUT2D eigenvalue weighted by Gasteiger charge is 2.27. The van der Waals surface area contributed by atoms with Gasteiger partial charge in [-0.3, -0.25) is 0 Å². The van der Waals surface area contributed by atoms with Crippen LogP contribution in [0.3, 0.4) is 0 Å². The minimum absolute atomic E-state index is 0.0429. The van der Waals surface area contributed by atoms with Crippen molar-refractivity contribution in [3.8, 4) is 0 Å². The summed E-state index contributed by atoms with van der Waals surface area (Å²) in [5.41, 5.74) is 1.36. The zero-order valence-corrected chi connectivity index (χ0v) is 11.6. The summed E-state index contributed by atoms with van der Waals surface area (Å²) in [5.74, 6) is 0. The minimum Gasteiger partial charge on any atom is -0.386 e. The van der Waals surface area contributed by atoms with Crippen LogP contribution in [0.25, 0.3) is 0 Å². The second kappa shape index (κ2) is 6.32. The third-order valence-corrected chi connectivity index (χ3v) is 3.09. The maximum Gasteiger partial charge on any atom is 0.115 e. The molecule has 0 spiro atoms. The van der Waals surface area contributed by atoms with Gasteiger partial charge in [-0.15, -0.1) is 6.58 Å². The zero-order valence-electron chi connectivity index (χ0n) is 11.6. The Morgan fingerprint density at radius 2 is 2.17 bits per heavy atom. The molecule has 3 unspecified atom stereocenters. The number of allylic oxidation sites excluding steroid dienone is 1. The molecule has 1 rings (SSSR count). The number of aliphatic hydroxyl groups is 1. The SMILES string of the molecule is C=CC(C)(O)CCC1OOC(C=C(C)C)CC1=C. The van der Waals surface area contributed by atoms with Crippen LogP contribution in [0.5, 0.6) is 0 Å². The summed E-state index contributed by atoms with van der Waals surface area (Å²) in [6.07, 6.45) is 5.42. The number of hydrogen-bond donors (Lipinski definition) is 1. The van der Waals surface area contributed by atoms with Crippen LogP contribution in [-0.2, 0) is 9.78 Å². The second-order valence-electron chi connectivity index (χ2n) is 5.43. The van der Waals surface area contributed by atoms with Crippen molar-refractivity contribution >= 4 is 0 Å². The van der Waals surface area contributed by atoms with Gasteiger partial charge in [-0.25, -0.2) is 9.78 Å². The van der Waals surface area contributed by atoms with Gasteiger partial charge < -0.3 is 5.11 Å². The van der Waals surface area contributed by atoms with E-state index in [4.69, 9.17) is 9.78 Å². The quantitative estimate of drug-likeness (QED) is 0.602. The summed E-state index contributed by atoms with van der Waals surface area (Å²) in [7, 11) is 0. The first-order valence-corrected chi connectivity index (χ1v) is 6.35. The van der Waals surface area contributed by atoms with Crippen molar-refractivity contribution in [2.75, 3.05) is 0 Å². The smallest absolute Gasteiger partial charge is 0.115 e. The van der Waals surface area contributed by atoms with E-state index in [1.165, 1.54) is 5.57 Å². The molecular formula is C15H24O3. The van der Waals surface area contributed by atoms with Crippen LogP contribution in [0.15, 0.2) is 36.5 Å². The molecule has 0 aromatic carbocycles. The lowest BCUT2D eigenvalue weighted by atomic mass is 9.93. The van der Waals surface area contributed by atoms with E-state index in [2.05, 4.69) is 13.2 Å². The normalized spacial score (nSPS) is 27.4. The summed E-state index contributed by atoms with van der Waals surface area (Å²) in [6, 6.07) is 0. The van der Waals surface area contributed by atoms with Crippen LogP contribution in [0.1, 0.15) is 40.0 Å². The van der Waals surface area contributed by atoms with Crippen molar-refractivity contribution in [3.63, 3.8) is 0 Å². The standard InChI is InChI=1S/C15H24O3/c1-6-15(5,16)8-7-14-12(4)10-13(17-18-14)9-11(2)3/h6,9,13-14,16H,1,4,7-8,10H2,2-3,5H3. The summed E-state index contributed by atoms with van der Waals surface area (Å²) in [6.45, 7) is 13.4. The average Bonchev–Trinajstić information content (AvgIpc) is 2.27. The average molecular weight is 252 g/mol. The maximum atomic E-state index is 9.86.